The largest absolute Gasteiger partial charge is 0.254 e. The van der Waals surface area contributed by atoms with Gasteiger partial charge in [0.1, 0.15) is 6.07 Å². The topological polar surface area (TPSA) is 36.7 Å². The number of thioether (sulfide) groups is 1. The van der Waals surface area contributed by atoms with Crippen LogP contribution in [0.2, 0.25) is 0 Å². The number of hydrogen-bond acceptors (Lipinski definition) is 4. The molecule has 4 heteroatoms. The van der Waals surface area contributed by atoms with Crippen LogP contribution >= 0.6 is 23.1 Å². The van der Waals surface area contributed by atoms with Gasteiger partial charge in [-0.25, -0.2) is 0 Å². The minimum atomic E-state index is 0.673. The lowest BCUT2D eigenvalue weighted by molar-refractivity contribution is 1.32. The number of fused-ring (bicyclic) bond motifs is 1. The molecule has 0 N–H and O–H groups in total. The molecule has 2 aromatic rings. The van der Waals surface area contributed by atoms with E-state index in [4.69, 9.17) is 5.26 Å². The lowest BCUT2D eigenvalue weighted by atomic mass is 10.3. The maximum absolute atomic E-state index is 8.92. The summed E-state index contributed by atoms with van der Waals surface area (Å²) in [5, 5.41) is 8.92. The number of hydrogen-bond donors (Lipinski definition) is 0. The highest BCUT2D eigenvalue weighted by Gasteiger charge is 2.09. The molecule has 0 aliphatic heterocycles. The molecule has 0 aliphatic rings. The number of aryl methyl sites for hydroxylation is 1. The molecule has 0 unspecified atom stereocenters. The highest BCUT2D eigenvalue weighted by molar-refractivity contribution is 7.99. The molecule has 0 spiro atoms. The minimum Gasteiger partial charge on any atom is -0.254 e. The van der Waals surface area contributed by atoms with Gasteiger partial charge in [-0.3, -0.25) is 4.98 Å². The first-order chi connectivity index (χ1) is 8.76. The van der Waals surface area contributed by atoms with Gasteiger partial charge >= 0.3 is 0 Å². The van der Waals surface area contributed by atoms with E-state index in [1.807, 2.05) is 34.0 Å². The fourth-order valence-corrected chi connectivity index (χ4v) is 3.25. The van der Waals surface area contributed by atoms with Gasteiger partial charge in [-0.1, -0.05) is 27.7 Å². The Bertz CT molecular complexity index is 524. The van der Waals surface area contributed by atoms with E-state index in [9.17, 15) is 0 Å². The number of thiophene rings is 1. The maximum atomic E-state index is 8.92. The van der Waals surface area contributed by atoms with Crippen LogP contribution in [0.1, 0.15) is 38.1 Å². The van der Waals surface area contributed by atoms with Gasteiger partial charge in [0.2, 0.25) is 0 Å². The molecule has 98 valence electrons. The fourth-order valence-electron chi connectivity index (χ4n) is 1.36. The summed E-state index contributed by atoms with van der Waals surface area (Å²) in [4.78, 5) is 6.54. The van der Waals surface area contributed by atoms with Gasteiger partial charge in [-0.05, 0) is 19.2 Å². The van der Waals surface area contributed by atoms with Crippen LogP contribution in [0.25, 0.3) is 10.2 Å². The molecule has 0 aromatic carbocycles. The summed E-state index contributed by atoms with van der Waals surface area (Å²) in [6.45, 7) is 10.1. The van der Waals surface area contributed by atoms with Crippen molar-refractivity contribution in [2.45, 2.75) is 39.5 Å². The fraction of sp³-hybridized carbons (Fsp3) is 0.429. The molecule has 18 heavy (non-hydrogen) atoms. The molecule has 0 saturated carbocycles. The maximum Gasteiger partial charge on any atom is 0.102 e. The van der Waals surface area contributed by atoms with Crippen molar-refractivity contribution < 1.29 is 0 Å². The molecule has 0 aliphatic carbocycles. The smallest absolute Gasteiger partial charge is 0.102 e. The van der Waals surface area contributed by atoms with Gasteiger partial charge in [-0.2, -0.15) is 5.26 Å². The van der Waals surface area contributed by atoms with E-state index in [0.29, 0.717) is 5.56 Å². The first-order valence-corrected chi connectivity index (χ1v) is 8.13. The van der Waals surface area contributed by atoms with Gasteiger partial charge < -0.3 is 0 Å². The molecule has 2 rings (SSSR count). The van der Waals surface area contributed by atoms with Crippen molar-refractivity contribution in [3.63, 3.8) is 0 Å². The Labute approximate surface area is 118 Å². The Morgan fingerprint density at radius 2 is 1.89 bits per heavy atom. The first kappa shape index (κ1) is 16.9. The highest BCUT2D eigenvalue weighted by atomic mass is 32.2. The summed E-state index contributed by atoms with van der Waals surface area (Å²) >= 11 is 3.31. The first-order valence-electron chi connectivity index (χ1n) is 6.09. The van der Waals surface area contributed by atoms with Crippen molar-refractivity contribution in [2.24, 2.45) is 0 Å². The van der Waals surface area contributed by atoms with E-state index < -0.39 is 0 Å². The average molecular weight is 280 g/mol. The van der Waals surface area contributed by atoms with E-state index >= 15 is 0 Å². The number of nitrogens with zero attached hydrogens (tertiary/aromatic N) is 2. The van der Waals surface area contributed by atoms with Gasteiger partial charge in [0.15, 0.2) is 0 Å². The summed E-state index contributed by atoms with van der Waals surface area (Å²) in [5.41, 5.74) is 1.67. The van der Waals surface area contributed by atoms with Crippen molar-refractivity contribution in [1.29, 1.82) is 5.26 Å². The molecule has 2 nitrogen and oxygen atoms in total. The summed E-state index contributed by atoms with van der Waals surface area (Å²) < 4.78 is 1.13. The van der Waals surface area contributed by atoms with Crippen LogP contribution in [0.4, 0.5) is 0 Å². The number of aromatic nitrogens is 1. The zero-order valence-electron chi connectivity index (χ0n) is 11.9. The second-order valence-corrected chi connectivity index (χ2v) is 4.96. The van der Waals surface area contributed by atoms with E-state index in [1.165, 1.54) is 4.88 Å². The van der Waals surface area contributed by atoms with E-state index in [1.54, 1.807) is 29.3 Å². The van der Waals surface area contributed by atoms with Crippen LogP contribution in [0, 0.1) is 18.3 Å². The molecule has 0 atom stereocenters. The molecular formula is C14H20N2S2. The van der Waals surface area contributed by atoms with Crippen LogP contribution in [-0.4, -0.2) is 11.2 Å². The lowest BCUT2D eigenvalue weighted by Gasteiger charge is -1.99. The Morgan fingerprint density at radius 3 is 2.39 bits per heavy atom. The van der Waals surface area contributed by atoms with Crippen molar-refractivity contribution >= 4 is 33.3 Å². The Kier molecular flexibility index (Phi) is 8.43. The third kappa shape index (κ3) is 3.72. The van der Waals surface area contributed by atoms with E-state index in [0.717, 1.165) is 15.1 Å². The Balaban J connectivity index is 0.000000659. The van der Waals surface area contributed by atoms with E-state index in [-0.39, 0.29) is 0 Å². The Morgan fingerprint density at radius 1 is 1.28 bits per heavy atom. The SMILES string of the molecule is CC.CC.CSc1c(C#N)cnc2cc(C)sc12. The third-order valence-electron chi connectivity index (χ3n) is 1.94. The van der Waals surface area contributed by atoms with Crippen molar-refractivity contribution in [3.05, 3.63) is 22.7 Å². The Hall–Kier alpha value is -1.05. The molecular weight excluding hydrogens is 260 g/mol. The number of pyridine rings is 1. The lowest BCUT2D eigenvalue weighted by Crippen LogP contribution is -1.83. The average Bonchev–Trinajstić information content (AvgIpc) is 2.82. The summed E-state index contributed by atoms with van der Waals surface area (Å²) in [6, 6.07) is 4.23. The minimum absolute atomic E-state index is 0.673. The molecule has 0 amide bonds. The number of rotatable bonds is 1. The molecule has 0 radical (unpaired) electrons. The molecule has 0 saturated heterocycles. The molecule has 0 bridgehead atoms. The second-order valence-electron chi connectivity index (χ2n) is 2.89. The van der Waals surface area contributed by atoms with Crippen molar-refractivity contribution in [2.75, 3.05) is 6.26 Å². The van der Waals surface area contributed by atoms with Crippen LogP contribution in [0.5, 0.6) is 0 Å². The van der Waals surface area contributed by atoms with Gasteiger partial charge in [0.25, 0.3) is 0 Å². The summed E-state index contributed by atoms with van der Waals surface area (Å²) in [6.07, 6.45) is 3.64. The monoisotopic (exact) mass is 280 g/mol. The molecule has 2 heterocycles. The highest BCUT2D eigenvalue weighted by Crippen LogP contribution is 2.33. The van der Waals surface area contributed by atoms with Gasteiger partial charge in [0.05, 0.1) is 15.8 Å². The van der Waals surface area contributed by atoms with Crippen molar-refractivity contribution in [1.82, 2.24) is 4.98 Å². The normalized spacial score (nSPS) is 8.72. The van der Waals surface area contributed by atoms with Crippen LogP contribution < -0.4 is 0 Å². The standard InChI is InChI=1S/C10H8N2S2.2C2H6/c1-6-3-8-10(14-6)9(13-2)7(4-11)5-12-8;2*1-2/h3,5H,1-2H3;2*1-2H3. The second kappa shape index (κ2) is 8.96. The predicted octanol–water partition coefficient (Wildman–Crippen LogP) is 5.25. The molecule has 2 aromatic heterocycles. The summed E-state index contributed by atoms with van der Waals surface area (Å²) in [7, 11) is 0. The van der Waals surface area contributed by atoms with Crippen LogP contribution in [0.3, 0.4) is 0 Å². The molecule has 0 fully saturated rings. The summed E-state index contributed by atoms with van der Waals surface area (Å²) in [5.74, 6) is 0. The van der Waals surface area contributed by atoms with Gasteiger partial charge in [0, 0.05) is 16.0 Å². The van der Waals surface area contributed by atoms with Crippen LogP contribution in [0.15, 0.2) is 17.2 Å². The van der Waals surface area contributed by atoms with Gasteiger partial charge in [-0.15, -0.1) is 23.1 Å². The zero-order chi connectivity index (χ0) is 14.1. The van der Waals surface area contributed by atoms with Crippen LogP contribution in [-0.2, 0) is 0 Å². The third-order valence-corrected chi connectivity index (χ3v) is 3.96. The van der Waals surface area contributed by atoms with Crippen molar-refractivity contribution in [3.8, 4) is 6.07 Å². The van der Waals surface area contributed by atoms with E-state index in [2.05, 4.69) is 24.0 Å². The number of nitriles is 1. The quantitative estimate of drug-likeness (QED) is 0.669. The predicted molar refractivity (Wildman–Crippen MR) is 83.5 cm³/mol. The zero-order valence-corrected chi connectivity index (χ0v) is 13.5.